The number of thioether (sulfide) groups is 1. The van der Waals surface area contributed by atoms with Crippen LogP contribution in [-0.4, -0.2) is 18.0 Å². The molecular weight excluding hydrogens is 120 g/mol. The number of aliphatic hydroxyl groups excluding tert-OH is 1. The number of hydrogen-bond donors (Lipinski definition) is 1. The lowest BCUT2D eigenvalue weighted by molar-refractivity contribution is 0.339. The Morgan fingerprint density at radius 2 is 2.38 bits per heavy atom. The van der Waals surface area contributed by atoms with Gasteiger partial charge in [-0.1, -0.05) is 13.0 Å². The van der Waals surface area contributed by atoms with Crippen molar-refractivity contribution in [2.75, 3.05) is 12.9 Å². The highest BCUT2D eigenvalue weighted by Crippen LogP contribution is 2.09. The quantitative estimate of drug-likeness (QED) is 0.630. The minimum atomic E-state index is 0.189. The number of allylic oxidation sites excluding steroid dienone is 1. The summed E-state index contributed by atoms with van der Waals surface area (Å²) in [5.74, 6) is 0. The topological polar surface area (TPSA) is 20.2 Å². The first-order valence-electron chi connectivity index (χ1n) is 2.69. The van der Waals surface area contributed by atoms with Crippen LogP contribution >= 0.6 is 11.8 Å². The Hall–Kier alpha value is 0.0500. The Labute approximate surface area is 54.8 Å². The third-order valence-electron chi connectivity index (χ3n) is 0.850. The molecule has 0 aliphatic carbocycles. The molecule has 48 valence electrons. The van der Waals surface area contributed by atoms with E-state index in [-0.39, 0.29) is 6.61 Å². The Morgan fingerprint density at radius 1 is 1.75 bits per heavy atom. The molecule has 0 unspecified atom stereocenters. The molecule has 0 amide bonds. The molecule has 0 atom stereocenters. The first kappa shape index (κ1) is 8.05. The van der Waals surface area contributed by atoms with Gasteiger partial charge < -0.3 is 5.11 Å². The summed E-state index contributed by atoms with van der Waals surface area (Å²) in [6.45, 7) is 2.25. The second kappa shape index (κ2) is 5.19. The molecule has 0 aliphatic heterocycles. The summed E-state index contributed by atoms with van der Waals surface area (Å²) in [6.07, 6.45) is 5.01. The van der Waals surface area contributed by atoms with Gasteiger partial charge in [-0.25, -0.2) is 0 Å². The van der Waals surface area contributed by atoms with Crippen LogP contribution in [0.3, 0.4) is 0 Å². The molecule has 0 fully saturated rings. The molecule has 0 bridgehead atoms. The number of aliphatic hydroxyl groups is 1. The van der Waals surface area contributed by atoms with E-state index in [2.05, 4.69) is 6.92 Å². The van der Waals surface area contributed by atoms with Crippen molar-refractivity contribution in [3.8, 4) is 0 Å². The van der Waals surface area contributed by atoms with Gasteiger partial charge in [0.15, 0.2) is 0 Å². The van der Waals surface area contributed by atoms with E-state index in [0.29, 0.717) is 0 Å². The molecule has 1 N–H and O–H groups in total. The van der Waals surface area contributed by atoms with Gasteiger partial charge in [0.2, 0.25) is 0 Å². The molecule has 0 aromatic heterocycles. The third-order valence-corrected chi connectivity index (χ3v) is 1.67. The summed E-state index contributed by atoms with van der Waals surface area (Å²) in [5.41, 5.74) is 0. The summed E-state index contributed by atoms with van der Waals surface area (Å²) >= 11 is 1.61. The second-order valence-corrected chi connectivity index (χ2v) is 2.37. The Kier molecular flexibility index (Phi) is 5.22. The smallest absolute Gasteiger partial charge is 0.0737 e. The van der Waals surface area contributed by atoms with Gasteiger partial charge in [-0.15, -0.1) is 11.8 Å². The van der Waals surface area contributed by atoms with Crippen LogP contribution in [0.25, 0.3) is 0 Å². The van der Waals surface area contributed by atoms with Crippen LogP contribution in [0.15, 0.2) is 11.0 Å². The highest BCUT2D eigenvalue weighted by molar-refractivity contribution is 8.02. The predicted octanol–water partition coefficient (Wildman–Crippen LogP) is 1.64. The van der Waals surface area contributed by atoms with Gasteiger partial charge in [-0.3, -0.25) is 0 Å². The molecule has 0 aromatic carbocycles. The Bertz CT molecular complexity index is 72.6. The van der Waals surface area contributed by atoms with Crippen molar-refractivity contribution in [3.05, 3.63) is 11.0 Å². The van der Waals surface area contributed by atoms with Gasteiger partial charge in [0, 0.05) is 4.91 Å². The zero-order valence-corrected chi connectivity index (χ0v) is 6.16. The first-order valence-corrected chi connectivity index (χ1v) is 3.91. The summed E-state index contributed by atoms with van der Waals surface area (Å²) in [6, 6.07) is 0. The fourth-order valence-corrected chi connectivity index (χ4v) is 0.903. The predicted molar refractivity (Wildman–Crippen MR) is 39.0 cm³/mol. The lowest BCUT2D eigenvalue weighted by Crippen LogP contribution is -1.82. The molecule has 0 heterocycles. The maximum Gasteiger partial charge on any atom is 0.0737 e. The highest BCUT2D eigenvalue weighted by atomic mass is 32.2. The Balaban J connectivity index is 3.49. The molecule has 0 aliphatic rings. The zero-order valence-electron chi connectivity index (χ0n) is 5.35. The Morgan fingerprint density at radius 3 is 2.50 bits per heavy atom. The van der Waals surface area contributed by atoms with Crippen LogP contribution in [0, 0.1) is 0 Å². The lowest BCUT2D eigenvalue weighted by atomic mass is 10.4. The fraction of sp³-hybridized carbons (Fsp3) is 0.667. The van der Waals surface area contributed by atoms with Crippen molar-refractivity contribution in [3.63, 3.8) is 0 Å². The van der Waals surface area contributed by atoms with E-state index in [1.165, 1.54) is 0 Å². The standard InChI is InChI=1S/C6H12OS/c1-3-4-6(5-7)8-2/h4,7H,3,5H2,1-2H3/b6-4-. The maximum absolute atomic E-state index is 8.57. The molecule has 0 saturated carbocycles. The SMILES string of the molecule is CC/C=C(/CO)SC. The van der Waals surface area contributed by atoms with Crippen LogP contribution in [0.4, 0.5) is 0 Å². The normalized spacial score (nSPS) is 12.1. The minimum absolute atomic E-state index is 0.189. The molecule has 0 radical (unpaired) electrons. The monoisotopic (exact) mass is 132 g/mol. The average molecular weight is 132 g/mol. The third kappa shape index (κ3) is 3.10. The molecule has 8 heavy (non-hydrogen) atoms. The zero-order chi connectivity index (χ0) is 6.41. The van der Waals surface area contributed by atoms with Crippen LogP contribution in [-0.2, 0) is 0 Å². The van der Waals surface area contributed by atoms with Gasteiger partial charge >= 0.3 is 0 Å². The van der Waals surface area contributed by atoms with Gasteiger partial charge in [0.25, 0.3) is 0 Å². The van der Waals surface area contributed by atoms with E-state index in [4.69, 9.17) is 5.11 Å². The van der Waals surface area contributed by atoms with Crippen molar-refractivity contribution in [1.29, 1.82) is 0 Å². The van der Waals surface area contributed by atoms with Crippen LogP contribution in [0.1, 0.15) is 13.3 Å². The molecule has 2 heteroatoms. The van der Waals surface area contributed by atoms with E-state index in [9.17, 15) is 0 Å². The fourth-order valence-electron chi connectivity index (χ4n) is 0.440. The molecule has 0 aromatic rings. The van der Waals surface area contributed by atoms with Crippen LogP contribution < -0.4 is 0 Å². The summed E-state index contributed by atoms with van der Waals surface area (Å²) < 4.78 is 0. The lowest BCUT2D eigenvalue weighted by Gasteiger charge is -1.94. The van der Waals surface area contributed by atoms with Crippen molar-refractivity contribution in [2.24, 2.45) is 0 Å². The number of rotatable bonds is 3. The second-order valence-electron chi connectivity index (χ2n) is 1.44. The summed E-state index contributed by atoms with van der Waals surface area (Å²) in [5, 5.41) is 8.57. The first-order chi connectivity index (χ1) is 3.85. The molecule has 0 rings (SSSR count). The molecule has 0 saturated heterocycles. The van der Waals surface area contributed by atoms with Gasteiger partial charge in [-0.05, 0) is 12.7 Å². The van der Waals surface area contributed by atoms with Gasteiger partial charge in [0.1, 0.15) is 0 Å². The molecule has 1 nitrogen and oxygen atoms in total. The van der Waals surface area contributed by atoms with E-state index < -0.39 is 0 Å². The number of hydrogen-bond acceptors (Lipinski definition) is 2. The van der Waals surface area contributed by atoms with Crippen LogP contribution in [0.5, 0.6) is 0 Å². The maximum atomic E-state index is 8.57. The van der Waals surface area contributed by atoms with Gasteiger partial charge in [-0.2, -0.15) is 0 Å². The van der Waals surface area contributed by atoms with Gasteiger partial charge in [0.05, 0.1) is 6.61 Å². The largest absolute Gasteiger partial charge is 0.391 e. The average Bonchev–Trinajstić information content (AvgIpc) is 1.83. The summed E-state index contributed by atoms with van der Waals surface area (Å²) in [7, 11) is 0. The molecule has 0 spiro atoms. The highest BCUT2D eigenvalue weighted by Gasteiger charge is 1.86. The molecular formula is C6H12OS. The van der Waals surface area contributed by atoms with Crippen molar-refractivity contribution in [2.45, 2.75) is 13.3 Å². The van der Waals surface area contributed by atoms with E-state index >= 15 is 0 Å². The van der Waals surface area contributed by atoms with Crippen molar-refractivity contribution < 1.29 is 5.11 Å². The van der Waals surface area contributed by atoms with Crippen molar-refractivity contribution >= 4 is 11.8 Å². The van der Waals surface area contributed by atoms with E-state index in [1.54, 1.807) is 11.8 Å². The van der Waals surface area contributed by atoms with Crippen LogP contribution in [0.2, 0.25) is 0 Å². The minimum Gasteiger partial charge on any atom is -0.391 e. The summed E-state index contributed by atoms with van der Waals surface area (Å²) in [4.78, 5) is 1.06. The van der Waals surface area contributed by atoms with Crippen molar-refractivity contribution in [1.82, 2.24) is 0 Å². The van der Waals surface area contributed by atoms with E-state index in [1.807, 2.05) is 12.3 Å². The van der Waals surface area contributed by atoms with E-state index in [0.717, 1.165) is 11.3 Å².